The van der Waals surface area contributed by atoms with Crippen LogP contribution in [0.5, 0.6) is 0 Å². The highest BCUT2D eigenvalue weighted by Gasteiger charge is 2.19. The Bertz CT molecular complexity index is 428. The van der Waals surface area contributed by atoms with Crippen molar-refractivity contribution in [3.63, 3.8) is 0 Å². The Morgan fingerprint density at radius 1 is 1.32 bits per heavy atom. The summed E-state index contributed by atoms with van der Waals surface area (Å²) < 4.78 is 0. The molecule has 1 aromatic heterocycles. The number of nitrogens with zero attached hydrogens (tertiary/aromatic N) is 2. The lowest BCUT2D eigenvalue weighted by atomic mass is 9.81. The second kappa shape index (κ2) is 7.25. The summed E-state index contributed by atoms with van der Waals surface area (Å²) in [6, 6.07) is 5.92. The predicted octanol–water partition coefficient (Wildman–Crippen LogP) is 3.26. The number of rotatable bonds is 5. The van der Waals surface area contributed by atoms with E-state index < -0.39 is 0 Å². The third-order valence-corrected chi connectivity index (χ3v) is 4.24. The van der Waals surface area contributed by atoms with Gasteiger partial charge in [0.05, 0.1) is 0 Å². The summed E-state index contributed by atoms with van der Waals surface area (Å²) in [5.41, 5.74) is 1.65. The lowest BCUT2D eigenvalue weighted by Crippen LogP contribution is -2.26. The van der Waals surface area contributed by atoms with Crippen molar-refractivity contribution < 1.29 is 0 Å². The lowest BCUT2D eigenvalue weighted by molar-refractivity contribution is 0.262. The minimum absolute atomic E-state index is 0.503. The predicted molar refractivity (Wildman–Crippen MR) is 76.4 cm³/mol. The quantitative estimate of drug-likeness (QED) is 0.880. The van der Waals surface area contributed by atoms with Gasteiger partial charge in [0.25, 0.3) is 0 Å². The monoisotopic (exact) mass is 257 g/mol. The van der Waals surface area contributed by atoms with Gasteiger partial charge >= 0.3 is 0 Å². The van der Waals surface area contributed by atoms with E-state index in [1.54, 1.807) is 6.20 Å². The topological polar surface area (TPSA) is 48.7 Å². The maximum absolute atomic E-state index is 8.81. The highest BCUT2D eigenvalue weighted by molar-refractivity contribution is 5.25. The minimum atomic E-state index is 0.503. The van der Waals surface area contributed by atoms with E-state index in [0.29, 0.717) is 5.69 Å². The fraction of sp³-hybridized carbons (Fsp3) is 0.625. The fourth-order valence-corrected chi connectivity index (χ4v) is 2.91. The van der Waals surface area contributed by atoms with E-state index >= 15 is 0 Å². The van der Waals surface area contributed by atoms with Crippen LogP contribution in [-0.2, 0) is 6.54 Å². The van der Waals surface area contributed by atoms with E-state index in [1.165, 1.54) is 32.1 Å². The molecule has 3 heteroatoms. The van der Waals surface area contributed by atoms with Crippen LogP contribution in [0.2, 0.25) is 0 Å². The van der Waals surface area contributed by atoms with Gasteiger partial charge in [-0.2, -0.15) is 5.26 Å². The van der Waals surface area contributed by atoms with Gasteiger partial charge in [-0.15, -0.1) is 0 Å². The Morgan fingerprint density at radius 3 is 2.74 bits per heavy atom. The molecule has 0 atom stereocenters. The molecule has 0 unspecified atom stereocenters. The van der Waals surface area contributed by atoms with Crippen LogP contribution in [0.4, 0.5) is 0 Å². The van der Waals surface area contributed by atoms with Crippen LogP contribution in [0.3, 0.4) is 0 Å². The molecule has 0 bridgehead atoms. The van der Waals surface area contributed by atoms with Crippen molar-refractivity contribution in [3.05, 3.63) is 29.6 Å². The molecule has 1 heterocycles. The maximum atomic E-state index is 8.81. The number of pyridine rings is 1. The zero-order chi connectivity index (χ0) is 13.5. The zero-order valence-corrected chi connectivity index (χ0v) is 11.7. The minimum Gasteiger partial charge on any atom is -0.312 e. The summed E-state index contributed by atoms with van der Waals surface area (Å²) in [6.07, 6.45) is 8.58. The van der Waals surface area contributed by atoms with E-state index in [9.17, 15) is 0 Å². The number of nitrogens with one attached hydrogen (secondary N) is 1. The van der Waals surface area contributed by atoms with Crippen molar-refractivity contribution in [2.75, 3.05) is 6.54 Å². The van der Waals surface area contributed by atoms with E-state index in [4.69, 9.17) is 5.26 Å². The highest BCUT2D eigenvalue weighted by Crippen LogP contribution is 2.30. The summed E-state index contributed by atoms with van der Waals surface area (Å²) in [4.78, 5) is 3.98. The largest absolute Gasteiger partial charge is 0.312 e. The van der Waals surface area contributed by atoms with E-state index in [1.807, 2.05) is 12.1 Å². The molecule has 0 aliphatic heterocycles. The molecule has 1 aliphatic carbocycles. The molecular formula is C16H23N3. The maximum Gasteiger partial charge on any atom is 0.140 e. The summed E-state index contributed by atoms with van der Waals surface area (Å²) in [7, 11) is 0. The van der Waals surface area contributed by atoms with E-state index in [2.05, 4.69) is 23.3 Å². The summed E-state index contributed by atoms with van der Waals surface area (Å²) in [5.74, 6) is 1.80. The molecule has 1 N–H and O–H groups in total. The number of hydrogen-bond acceptors (Lipinski definition) is 3. The molecule has 0 saturated heterocycles. The molecule has 0 aromatic carbocycles. The van der Waals surface area contributed by atoms with Crippen LogP contribution in [0, 0.1) is 23.2 Å². The molecule has 0 radical (unpaired) electrons. The molecule has 3 nitrogen and oxygen atoms in total. The normalized spacial score (nSPS) is 22.9. The first-order valence-electron chi connectivity index (χ1n) is 7.37. The van der Waals surface area contributed by atoms with Crippen molar-refractivity contribution in [3.8, 4) is 6.07 Å². The molecule has 1 aliphatic rings. The van der Waals surface area contributed by atoms with Crippen LogP contribution >= 0.6 is 0 Å². The molecule has 0 spiro atoms. The first kappa shape index (κ1) is 14.0. The Morgan fingerprint density at radius 2 is 2.05 bits per heavy atom. The molecule has 2 rings (SSSR count). The zero-order valence-electron chi connectivity index (χ0n) is 11.7. The average molecular weight is 257 g/mol. The second-order valence-corrected chi connectivity index (χ2v) is 5.59. The van der Waals surface area contributed by atoms with Gasteiger partial charge < -0.3 is 5.32 Å². The fourth-order valence-electron chi connectivity index (χ4n) is 2.91. The van der Waals surface area contributed by atoms with Gasteiger partial charge in [0.1, 0.15) is 11.8 Å². The Hall–Kier alpha value is -1.40. The van der Waals surface area contributed by atoms with Crippen molar-refractivity contribution in [1.29, 1.82) is 5.26 Å². The van der Waals surface area contributed by atoms with Crippen molar-refractivity contribution in [2.45, 2.75) is 45.6 Å². The molecule has 1 aromatic rings. The van der Waals surface area contributed by atoms with Crippen molar-refractivity contribution >= 4 is 0 Å². The third kappa shape index (κ3) is 4.33. The van der Waals surface area contributed by atoms with Crippen molar-refractivity contribution in [1.82, 2.24) is 10.3 Å². The SMILES string of the molecule is CCC1CCC(CNCc2ccnc(C#N)c2)CC1. The molecule has 19 heavy (non-hydrogen) atoms. The highest BCUT2D eigenvalue weighted by atomic mass is 14.9. The summed E-state index contributed by atoms with van der Waals surface area (Å²) in [5, 5.41) is 12.3. The molecule has 102 valence electrons. The molecule has 0 amide bonds. The van der Waals surface area contributed by atoms with Crippen LogP contribution in [0.15, 0.2) is 18.3 Å². The third-order valence-electron chi connectivity index (χ3n) is 4.24. The second-order valence-electron chi connectivity index (χ2n) is 5.59. The Labute approximate surface area is 116 Å². The van der Waals surface area contributed by atoms with Gasteiger partial charge in [0.15, 0.2) is 0 Å². The first-order chi connectivity index (χ1) is 9.31. The van der Waals surface area contributed by atoms with E-state index in [0.717, 1.165) is 30.5 Å². The van der Waals surface area contributed by atoms with Gasteiger partial charge in [0, 0.05) is 12.7 Å². The first-order valence-corrected chi connectivity index (χ1v) is 7.37. The molecule has 1 fully saturated rings. The van der Waals surface area contributed by atoms with Gasteiger partial charge in [-0.25, -0.2) is 4.98 Å². The number of hydrogen-bond donors (Lipinski definition) is 1. The lowest BCUT2D eigenvalue weighted by Gasteiger charge is -2.27. The van der Waals surface area contributed by atoms with Gasteiger partial charge in [-0.3, -0.25) is 0 Å². The van der Waals surface area contributed by atoms with Gasteiger partial charge in [-0.05, 0) is 48.9 Å². The standard InChI is InChI=1S/C16H23N3/c1-2-13-3-5-14(6-4-13)11-18-12-15-7-8-19-16(9-15)10-17/h7-9,13-14,18H,2-6,11-12H2,1H3. The Balaban J connectivity index is 1.70. The number of nitriles is 1. The van der Waals surface area contributed by atoms with Gasteiger partial charge in [-0.1, -0.05) is 26.2 Å². The van der Waals surface area contributed by atoms with Gasteiger partial charge in [0.2, 0.25) is 0 Å². The Kier molecular flexibility index (Phi) is 5.35. The smallest absolute Gasteiger partial charge is 0.140 e. The van der Waals surface area contributed by atoms with Crippen LogP contribution in [0.1, 0.15) is 50.3 Å². The summed E-state index contributed by atoms with van der Waals surface area (Å²) >= 11 is 0. The van der Waals surface area contributed by atoms with Crippen LogP contribution < -0.4 is 5.32 Å². The number of aromatic nitrogens is 1. The summed E-state index contributed by atoms with van der Waals surface area (Å²) in [6.45, 7) is 4.24. The van der Waals surface area contributed by atoms with Crippen LogP contribution in [-0.4, -0.2) is 11.5 Å². The van der Waals surface area contributed by atoms with Crippen molar-refractivity contribution in [2.24, 2.45) is 11.8 Å². The van der Waals surface area contributed by atoms with Crippen LogP contribution in [0.25, 0.3) is 0 Å². The molecular weight excluding hydrogens is 234 g/mol. The average Bonchev–Trinajstić information content (AvgIpc) is 2.48. The van der Waals surface area contributed by atoms with E-state index in [-0.39, 0.29) is 0 Å². The molecule has 1 saturated carbocycles.